The molecule has 0 spiro atoms. The fraction of sp³-hybridized carbons (Fsp3) is 0.667. The minimum Gasteiger partial charge on any atom is -0.337 e. The summed E-state index contributed by atoms with van der Waals surface area (Å²) in [7, 11) is 0. The molecular formula is C21H27NOS. The van der Waals surface area contributed by atoms with Gasteiger partial charge in [-0.15, -0.1) is 11.8 Å². The third kappa shape index (κ3) is 2.69. The third-order valence-electron chi connectivity index (χ3n) is 6.97. The van der Waals surface area contributed by atoms with Crippen LogP contribution in [0, 0.1) is 17.8 Å². The minimum absolute atomic E-state index is 0.366. The smallest absolute Gasteiger partial charge is 0.232 e. The zero-order valence-corrected chi connectivity index (χ0v) is 15.2. The van der Waals surface area contributed by atoms with E-state index in [0.717, 1.165) is 37.3 Å². The lowest BCUT2D eigenvalue weighted by atomic mass is 9.56. The van der Waals surface area contributed by atoms with Crippen LogP contribution < -0.4 is 0 Å². The van der Waals surface area contributed by atoms with Gasteiger partial charge in [0.1, 0.15) is 0 Å². The van der Waals surface area contributed by atoms with Crippen LogP contribution >= 0.6 is 11.8 Å². The van der Waals surface area contributed by atoms with Gasteiger partial charge in [0.05, 0.1) is 5.75 Å². The van der Waals surface area contributed by atoms with Crippen LogP contribution in [0.15, 0.2) is 24.3 Å². The van der Waals surface area contributed by atoms with Crippen LogP contribution in [-0.2, 0) is 17.8 Å². The van der Waals surface area contributed by atoms with E-state index in [1.165, 1.54) is 49.7 Å². The van der Waals surface area contributed by atoms with E-state index in [2.05, 4.69) is 29.2 Å². The lowest BCUT2D eigenvalue weighted by Gasteiger charge is -2.56. The molecule has 128 valence electrons. The van der Waals surface area contributed by atoms with Crippen molar-refractivity contribution in [1.29, 1.82) is 0 Å². The lowest BCUT2D eigenvalue weighted by molar-refractivity contribution is -0.129. The molecule has 0 N–H and O–H groups in total. The Morgan fingerprint density at radius 1 is 1.04 bits per heavy atom. The molecule has 1 aromatic rings. The molecule has 1 amide bonds. The summed E-state index contributed by atoms with van der Waals surface area (Å²) in [5.41, 5.74) is 2.77. The van der Waals surface area contributed by atoms with Crippen molar-refractivity contribution < 1.29 is 4.79 Å². The molecule has 4 aliphatic carbocycles. The molecular weight excluding hydrogens is 314 g/mol. The minimum atomic E-state index is 0.366. The van der Waals surface area contributed by atoms with Crippen molar-refractivity contribution in [3.63, 3.8) is 0 Å². The normalized spacial score (nSPS) is 36.7. The number of carbonyl (C=O) groups excluding carboxylic acids is 1. The van der Waals surface area contributed by atoms with E-state index in [4.69, 9.17) is 0 Å². The summed E-state index contributed by atoms with van der Waals surface area (Å²) < 4.78 is 0.456. The quantitative estimate of drug-likeness (QED) is 0.818. The van der Waals surface area contributed by atoms with E-state index < -0.39 is 0 Å². The number of rotatable bonds is 3. The van der Waals surface area contributed by atoms with Crippen molar-refractivity contribution in [3.05, 3.63) is 35.4 Å². The molecule has 0 aromatic heterocycles. The van der Waals surface area contributed by atoms with Crippen LogP contribution in [0.5, 0.6) is 0 Å². The summed E-state index contributed by atoms with van der Waals surface area (Å²) in [5.74, 6) is 3.99. The second-order valence-electron chi connectivity index (χ2n) is 8.72. The first-order chi connectivity index (χ1) is 11.7. The molecule has 1 heterocycles. The zero-order valence-electron chi connectivity index (χ0n) is 14.4. The molecule has 24 heavy (non-hydrogen) atoms. The maximum atomic E-state index is 12.8. The molecule has 0 unspecified atom stereocenters. The SMILES string of the molecule is O=C(CSC12CC3CC(CC(C3)C1)C2)N1CCc2ccccc2C1. The Bertz CT molecular complexity index is 620. The van der Waals surface area contributed by atoms with Crippen LogP contribution in [0.1, 0.15) is 49.7 Å². The number of amides is 1. The summed E-state index contributed by atoms with van der Waals surface area (Å²) >= 11 is 2.03. The predicted octanol–water partition coefficient (Wildman–Crippen LogP) is 4.27. The second-order valence-corrected chi connectivity index (χ2v) is 10.2. The largest absolute Gasteiger partial charge is 0.337 e. The summed E-state index contributed by atoms with van der Waals surface area (Å²) in [4.78, 5) is 14.9. The van der Waals surface area contributed by atoms with Crippen LogP contribution in [0.2, 0.25) is 0 Å². The molecule has 4 fully saturated rings. The fourth-order valence-electron chi connectivity index (χ4n) is 6.22. The molecule has 0 saturated heterocycles. The lowest BCUT2D eigenvalue weighted by Crippen LogP contribution is -2.49. The van der Waals surface area contributed by atoms with Crippen molar-refractivity contribution >= 4 is 17.7 Å². The van der Waals surface area contributed by atoms with Crippen LogP contribution in [0.25, 0.3) is 0 Å². The van der Waals surface area contributed by atoms with E-state index in [1.807, 2.05) is 11.8 Å². The number of benzene rings is 1. The van der Waals surface area contributed by atoms with Gasteiger partial charge in [0.15, 0.2) is 0 Å². The molecule has 1 aliphatic heterocycles. The average Bonchev–Trinajstić information content (AvgIpc) is 2.58. The summed E-state index contributed by atoms with van der Waals surface area (Å²) in [6.07, 6.45) is 9.63. The molecule has 2 nitrogen and oxygen atoms in total. The molecule has 0 radical (unpaired) electrons. The van der Waals surface area contributed by atoms with E-state index in [1.54, 1.807) is 0 Å². The van der Waals surface area contributed by atoms with Crippen LogP contribution in [0.3, 0.4) is 0 Å². The Hall–Kier alpha value is -0.960. The van der Waals surface area contributed by atoms with Gasteiger partial charge in [-0.25, -0.2) is 0 Å². The number of carbonyl (C=O) groups is 1. The maximum Gasteiger partial charge on any atom is 0.232 e. The molecule has 0 atom stereocenters. The third-order valence-corrected chi connectivity index (χ3v) is 8.47. The molecule has 4 saturated carbocycles. The van der Waals surface area contributed by atoms with Crippen molar-refractivity contribution in [2.45, 2.75) is 56.2 Å². The second kappa shape index (κ2) is 5.79. The molecule has 5 aliphatic rings. The van der Waals surface area contributed by atoms with Crippen molar-refractivity contribution in [1.82, 2.24) is 4.90 Å². The van der Waals surface area contributed by atoms with Gasteiger partial charge in [0.2, 0.25) is 5.91 Å². The number of thioether (sulfide) groups is 1. The highest BCUT2D eigenvalue weighted by molar-refractivity contribution is 8.01. The molecule has 4 bridgehead atoms. The first-order valence-corrected chi connectivity index (χ1v) is 10.7. The van der Waals surface area contributed by atoms with Crippen LogP contribution in [-0.4, -0.2) is 27.9 Å². The first-order valence-electron chi connectivity index (χ1n) is 9.68. The van der Waals surface area contributed by atoms with Gasteiger partial charge in [-0.05, 0) is 73.8 Å². The predicted molar refractivity (Wildman–Crippen MR) is 98.9 cm³/mol. The van der Waals surface area contributed by atoms with E-state index >= 15 is 0 Å². The Morgan fingerprint density at radius 2 is 1.67 bits per heavy atom. The van der Waals surface area contributed by atoms with Gasteiger partial charge in [-0.1, -0.05) is 24.3 Å². The van der Waals surface area contributed by atoms with E-state index in [-0.39, 0.29) is 0 Å². The average molecular weight is 342 g/mol. The Balaban J connectivity index is 1.22. The van der Waals surface area contributed by atoms with Crippen LogP contribution in [0.4, 0.5) is 0 Å². The van der Waals surface area contributed by atoms with Gasteiger partial charge < -0.3 is 4.90 Å². The highest BCUT2D eigenvalue weighted by Gasteiger charge is 2.51. The Labute approximate surface area is 149 Å². The number of hydrogen-bond donors (Lipinski definition) is 0. The summed E-state index contributed by atoms with van der Waals surface area (Å²) in [5, 5.41) is 0. The van der Waals surface area contributed by atoms with Gasteiger partial charge in [0, 0.05) is 17.8 Å². The van der Waals surface area contributed by atoms with Crippen molar-refractivity contribution in [3.8, 4) is 0 Å². The summed E-state index contributed by atoms with van der Waals surface area (Å²) in [6.45, 7) is 1.72. The monoisotopic (exact) mass is 341 g/mol. The number of fused-ring (bicyclic) bond motifs is 1. The molecule has 1 aromatic carbocycles. The van der Waals surface area contributed by atoms with Crippen molar-refractivity contribution in [2.75, 3.05) is 12.3 Å². The maximum absolute atomic E-state index is 12.8. The Kier molecular flexibility index (Phi) is 3.69. The highest BCUT2D eigenvalue weighted by atomic mass is 32.2. The van der Waals surface area contributed by atoms with E-state index in [0.29, 0.717) is 16.4 Å². The molecule has 6 rings (SSSR count). The van der Waals surface area contributed by atoms with Gasteiger partial charge in [-0.3, -0.25) is 4.79 Å². The first kappa shape index (κ1) is 15.3. The van der Waals surface area contributed by atoms with Gasteiger partial charge in [0.25, 0.3) is 0 Å². The van der Waals surface area contributed by atoms with E-state index in [9.17, 15) is 4.79 Å². The standard InChI is InChI=1S/C21H27NOS/c23-20(22-6-5-18-3-1-2-4-19(18)13-22)14-24-21-10-15-7-16(11-21)9-17(8-15)12-21/h1-4,15-17H,5-14H2. The highest BCUT2D eigenvalue weighted by Crippen LogP contribution is 2.60. The van der Waals surface area contributed by atoms with Crippen molar-refractivity contribution in [2.24, 2.45) is 17.8 Å². The molecule has 3 heteroatoms. The number of hydrogen-bond acceptors (Lipinski definition) is 2. The fourth-order valence-corrected chi connectivity index (χ4v) is 7.90. The van der Waals surface area contributed by atoms with Gasteiger partial charge >= 0.3 is 0 Å². The topological polar surface area (TPSA) is 20.3 Å². The number of nitrogens with zero attached hydrogens (tertiary/aromatic N) is 1. The summed E-state index contributed by atoms with van der Waals surface area (Å²) in [6, 6.07) is 8.60. The Morgan fingerprint density at radius 3 is 2.33 bits per heavy atom. The van der Waals surface area contributed by atoms with Gasteiger partial charge in [-0.2, -0.15) is 0 Å². The zero-order chi connectivity index (χ0) is 16.1.